The van der Waals surface area contributed by atoms with Gasteiger partial charge in [-0.1, -0.05) is 67.9 Å². The molecule has 0 saturated carbocycles. The number of nitrogens with zero attached hydrogens (tertiary/aromatic N) is 2. The monoisotopic (exact) mass is 553 g/mol. The highest BCUT2D eigenvalue weighted by Gasteiger charge is 2.31. The minimum atomic E-state index is -0.826. The van der Waals surface area contributed by atoms with Crippen molar-refractivity contribution < 1.29 is 24.0 Å². The largest absolute Gasteiger partial charge is 0.490 e. The Morgan fingerprint density at radius 1 is 1.03 bits per heavy atom. The molecular formula is C29H32ClN3O6. The number of nitro benzene ring substituents is 1. The van der Waals surface area contributed by atoms with Crippen molar-refractivity contribution in [1.29, 1.82) is 0 Å². The van der Waals surface area contributed by atoms with E-state index in [9.17, 15) is 19.7 Å². The summed E-state index contributed by atoms with van der Waals surface area (Å²) in [7, 11) is 1.31. The molecule has 206 valence electrons. The minimum Gasteiger partial charge on any atom is -0.490 e. The lowest BCUT2D eigenvalue weighted by atomic mass is 10.0. The first kappa shape index (κ1) is 29.4. The van der Waals surface area contributed by atoms with Crippen molar-refractivity contribution in [1.82, 2.24) is 10.2 Å². The van der Waals surface area contributed by atoms with Crippen LogP contribution in [-0.4, -0.2) is 47.9 Å². The van der Waals surface area contributed by atoms with Gasteiger partial charge >= 0.3 is 5.69 Å². The molecule has 10 heteroatoms. The van der Waals surface area contributed by atoms with E-state index in [4.69, 9.17) is 21.1 Å². The van der Waals surface area contributed by atoms with Gasteiger partial charge in [-0.25, -0.2) is 0 Å². The van der Waals surface area contributed by atoms with Crippen LogP contribution in [0.1, 0.15) is 25.0 Å². The van der Waals surface area contributed by atoms with Crippen LogP contribution in [0.15, 0.2) is 72.8 Å². The van der Waals surface area contributed by atoms with Gasteiger partial charge in [0, 0.05) is 36.7 Å². The van der Waals surface area contributed by atoms with Crippen LogP contribution < -0.4 is 14.8 Å². The fraction of sp³-hybridized carbons (Fsp3) is 0.310. The molecule has 3 aromatic carbocycles. The maximum Gasteiger partial charge on any atom is 0.311 e. The molecule has 3 aromatic rings. The molecule has 9 nitrogen and oxygen atoms in total. The van der Waals surface area contributed by atoms with Gasteiger partial charge in [0.25, 0.3) is 5.91 Å². The van der Waals surface area contributed by atoms with Crippen molar-refractivity contribution in [2.45, 2.75) is 32.9 Å². The minimum absolute atomic E-state index is 0.00995. The van der Waals surface area contributed by atoms with E-state index in [0.717, 1.165) is 11.1 Å². The van der Waals surface area contributed by atoms with E-state index in [0.29, 0.717) is 18.0 Å². The maximum atomic E-state index is 13.7. The smallest absolute Gasteiger partial charge is 0.311 e. The molecule has 0 bridgehead atoms. The van der Waals surface area contributed by atoms with Gasteiger partial charge in [-0.05, 0) is 35.2 Å². The Labute approximate surface area is 232 Å². The Morgan fingerprint density at radius 2 is 1.74 bits per heavy atom. The summed E-state index contributed by atoms with van der Waals surface area (Å²) in [5, 5.41) is 14.7. The molecule has 0 spiro atoms. The lowest BCUT2D eigenvalue weighted by molar-refractivity contribution is -0.385. The molecule has 0 unspecified atom stereocenters. The van der Waals surface area contributed by atoms with E-state index in [1.165, 1.54) is 30.2 Å². The molecule has 0 fully saturated rings. The molecule has 2 amide bonds. The number of amides is 2. The number of nitrogens with one attached hydrogen (secondary N) is 1. The van der Waals surface area contributed by atoms with Crippen molar-refractivity contribution in [2.24, 2.45) is 5.92 Å². The third kappa shape index (κ3) is 8.71. The zero-order chi connectivity index (χ0) is 28.4. The van der Waals surface area contributed by atoms with Crippen molar-refractivity contribution in [3.8, 4) is 11.5 Å². The number of hydrogen-bond donors (Lipinski definition) is 1. The first-order valence-corrected chi connectivity index (χ1v) is 12.9. The van der Waals surface area contributed by atoms with E-state index >= 15 is 0 Å². The fourth-order valence-corrected chi connectivity index (χ4v) is 4.15. The summed E-state index contributed by atoms with van der Waals surface area (Å²) >= 11 is 6.20. The number of nitro groups is 1. The summed E-state index contributed by atoms with van der Waals surface area (Å²) < 4.78 is 10.8. The molecule has 1 atom stereocenters. The summed E-state index contributed by atoms with van der Waals surface area (Å²) in [6.07, 6.45) is 0.294. The molecule has 0 aromatic heterocycles. The first-order valence-electron chi connectivity index (χ1n) is 12.5. The van der Waals surface area contributed by atoms with E-state index in [1.54, 1.807) is 18.2 Å². The Morgan fingerprint density at radius 3 is 2.38 bits per heavy atom. The number of halogens is 1. The van der Waals surface area contributed by atoms with Crippen LogP contribution in [0.3, 0.4) is 0 Å². The van der Waals surface area contributed by atoms with Crippen molar-refractivity contribution in [2.75, 3.05) is 20.3 Å². The zero-order valence-corrected chi connectivity index (χ0v) is 22.9. The summed E-state index contributed by atoms with van der Waals surface area (Å²) in [5.41, 5.74) is 1.43. The van der Waals surface area contributed by atoms with Crippen LogP contribution >= 0.6 is 11.6 Å². The topological polar surface area (TPSA) is 111 Å². The van der Waals surface area contributed by atoms with Gasteiger partial charge in [0.05, 0.1) is 12.0 Å². The molecule has 0 heterocycles. The predicted octanol–water partition coefficient (Wildman–Crippen LogP) is 5.05. The Bertz CT molecular complexity index is 1290. The van der Waals surface area contributed by atoms with Crippen LogP contribution in [0.4, 0.5) is 5.69 Å². The number of carbonyl (C=O) groups excluding carboxylic acids is 2. The maximum absolute atomic E-state index is 13.7. The van der Waals surface area contributed by atoms with E-state index < -0.39 is 23.5 Å². The Hall–Kier alpha value is -4.11. The summed E-state index contributed by atoms with van der Waals surface area (Å²) in [6.45, 7) is 4.17. The van der Waals surface area contributed by atoms with Crippen LogP contribution in [-0.2, 0) is 22.6 Å². The number of benzene rings is 3. The number of methoxy groups -OCH3 is 1. The molecule has 39 heavy (non-hydrogen) atoms. The molecule has 3 rings (SSSR count). The lowest BCUT2D eigenvalue weighted by Crippen LogP contribution is -2.52. The molecule has 0 aliphatic carbocycles. The molecule has 0 saturated heterocycles. The number of carbonyl (C=O) groups is 2. The summed E-state index contributed by atoms with van der Waals surface area (Å²) in [5.74, 6) is -0.259. The van der Waals surface area contributed by atoms with Crippen LogP contribution in [0, 0.1) is 16.0 Å². The first-order chi connectivity index (χ1) is 18.7. The second kappa shape index (κ2) is 14.2. The molecule has 0 aliphatic heterocycles. The van der Waals surface area contributed by atoms with Gasteiger partial charge in [-0.2, -0.15) is 0 Å². The summed E-state index contributed by atoms with van der Waals surface area (Å²) in [4.78, 5) is 39.2. The fourth-order valence-electron chi connectivity index (χ4n) is 3.94. The zero-order valence-electron chi connectivity index (χ0n) is 22.1. The quantitative estimate of drug-likeness (QED) is 0.234. The summed E-state index contributed by atoms with van der Waals surface area (Å²) in [6, 6.07) is 19.7. The average Bonchev–Trinajstić information content (AvgIpc) is 2.92. The molecule has 1 N–H and O–H groups in total. The van der Waals surface area contributed by atoms with Gasteiger partial charge < -0.3 is 19.7 Å². The number of ether oxygens (including phenoxy) is 2. The van der Waals surface area contributed by atoms with Gasteiger partial charge in [0.15, 0.2) is 6.61 Å². The van der Waals surface area contributed by atoms with E-state index in [-0.39, 0.29) is 35.6 Å². The van der Waals surface area contributed by atoms with Gasteiger partial charge in [0.2, 0.25) is 11.7 Å². The second-order valence-electron chi connectivity index (χ2n) is 9.38. The SMILES string of the molecule is COc1cc(OCC(=O)N(Cc2cccc(Cl)c2)[C@H](Cc2ccccc2)C(=O)NCC(C)C)ccc1[N+](=O)[O-]. The van der Waals surface area contributed by atoms with Gasteiger partial charge in [-0.15, -0.1) is 0 Å². The highest BCUT2D eigenvalue weighted by molar-refractivity contribution is 6.30. The second-order valence-corrected chi connectivity index (χ2v) is 9.81. The van der Waals surface area contributed by atoms with Crippen molar-refractivity contribution >= 4 is 29.1 Å². The highest BCUT2D eigenvalue weighted by Crippen LogP contribution is 2.31. The van der Waals surface area contributed by atoms with Crippen molar-refractivity contribution in [3.63, 3.8) is 0 Å². The molecular weight excluding hydrogens is 522 g/mol. The third-order valence-electron chi connectivity index (χ3n) is 5.91. The lowest BCUT2D eigenvalue weighted by Gasteiger charge is -2.31. The Kier molecular flexibility index (Phi) is 10.7. The average molecular weight is 554 g/mol. The Balaban J connectivity index is 1.91. The van der Waals surface area contributed by atoms with Gasteiger partial charge in [0.1, 0.15) is 11.8 Å². The highest BCUT2D eigenvalue weighted by atomic mass is 35.5. The van der Waals surface area contributed by atoms with Crippen molar-refractivity contribution in [3.05, 3.63) is 99.1 Å². The molecule has 0 aliphatic rings. The van der Waals surface area contributed by atoms with E-state index in [2.05, 4.69) is 5.32 Å². The van der Waals surface area contributed by atoms with Crippen LogP contribution in [0.25, 0.3) is 0 Å². The third-order valence-corrected chi connectivity index (χ3v) is 6.14. The molecule has 0 radical (unpaired) electrons. The number of hydrogen-bond acceptors (Lipinski definition) is 6. The number of rotatable bonds is 13. The van der Waals surface area contributed by atoms with Crippen LogP contribution in [0.5, 0.6) is 11.5 Å². The standard InChI is InChI=1S/C29H32ClN3O6/c1-20(2)17-31-29(35)26(15-21-8-5-4-6-9-21)32(18-22-10-7-11-23(30)14-22)28(34)19-39-24-12-13-25(33(36)37)27(16-24)38-3/h4-14,16,20,26H,15,17-19H2,1-3H3,(H,31,35)/t26-/m1/s1. The van der Waals surface area contributed by atoms with Gasteiger partial charge in [-0.3, -0.25) is 19.7 Å². The van der Waals surface area contributed by atoms with Crippen LogP contribution in [0.2, 0.25) is 5.02 Å². The van der Waals surface area contributed by atoms with E-state index in [1.807, 2.05) is 50.2 Å². The normalized spacial score (nSPS) is 11.5. The predicted molar refractivity (Wildman–Crippen MR) is 149 cm³/mol.